The lowest BCUT2D eigenvalue weighted by atomic mass is 9.91. The minimum atomic E-state index is -0.209. The average Bonchev–Trinajstić information content (AvgIpc) is 3.33. The molecule has 0 bridgehead atoms. The molecule has 0 fully saturated rings. The van der Waals surface area contributed by atoms with E-state index < -0.39 is 0 Å². The minimum absolute atomic E-state index is 0.209. The van der Waals surface area contributed by atoms with Gasteiger partial charge in [-0.3, -0.25) is 9.59 Å². The van der Waals surface area contributed by atoms with Gasteiger partial charge in [0.1, 0.15) is 0 Å². The van der Waals surface area contributed by atoms with Crippen LogP contribution in [-0.4, -0.2) is 11.6 Å². The molecular weight excluding hydrogens is 587 g/mol. The van der Waals surface area contributed by atoms with Gasteiger partial charge in [-0.05, 0) is 113 Å². The van der Waals surface area contributed by atoms with Gasteiger partial charge in [-0.25, -0.2) is 0 Å². The van der Waals surface area contributed by atoms with Crippen molar-refractivity contribution in [2.45, 2.75) is 33.1 Å². The molecule has 8 rings (SSSR count). The van der Waals surface area contributed by atoms with Crippen LogP contribution in [0.15, 0.2) is 145 Å². The molecule has 0 spiro atoms. The van der Waals surface area contributed by atoms with Crippen molar-refractivity contribution < 1.29 is 9.59 Å². The van der Waals surface area contributed by atoms with Crippen LogP contribution in [0.1, 0.15) is 60.9 Å². The summed E-state index contributed by atoms with van der Waals surface area (Å²) in [4.78, 5) is 29.2. The normalized spacial score (nSPS) is 15.6. The number of hydrogen-bond acceptors (Lipinski definition) is 3. The number of nitrogens with zero attached hydrogens (tertiary/aromatic N) is 1. The molecule has 0 saturated carbocycles. The molecule has 2 aliphatic carbocycles. The molecule has 6 aromatic carbocycles. The number of Topliss-reactive ketones (excluding diaryl/α,β-unsaturated/α-hetero) is 2. The van der Waals surface area contributed by atoms with Gasteiger partial charge in [0.2, 0.25) is 0 Å². The monoisotopic (exact) mass is 621 g/mol. The average molecular weight is 622 g/mol. The fourth-order valence-corrected chi connectivity index (χ4v) is 7.44. The Morgan fingerprint density at radius 2 is 1.25 bits per heavy atom. The fourth-order valence-electron chi connectivity index (χ4n) is 7.44. The van der Waals surface area contributed by atoms with Crippen LogP contribution in [0, 0.1) is 20.8 Å². The van der Waals surface area contributed by atoms with Gasteiger partial charge < -0.3 is 4.90 Å². The van der Waals surface area contributed by atoms with Crippen molar-refractivity contribution in [3.8, 4) is 0 Å². The van der Waals surface area contributed by atoms with Gasteiger partial charge >= 0.3 is 0 Å². The number of carbonyl (C=O) groups is 2. The molecule has 2 aliphatic rings. The Labute approximate surface area is 281 Å². The first kappa shape index (κ1) is 29.6. The number of hydrogen-bond donors (Lipinski definition) is 0. The molecule has 0 saturated heterocycles. The van der Waals surface area contributed by atoms with Gasteiger partial charge in [-0.15, -0.1) is 0 Å². The van der Waals surface area contributed by atoms with Crippen LogP contribution in [0.25, 0.3) is 27.6 Å². The molecule has 232 valence electrons. The Morgan fingerprint density at radius 1 is 0.646 bits per heavy atom. The lowest BCUT2D eigenvalue weighted by molar-refractivity contribution is 0.0990. The van der Waals surface area contributed by atoms with Gasteiger partial charge in [0.25, 0.3) is 0 Å². The summed E-state index contributed by atoms with van der Waals surface area (Å²) in [5.74, 6) is -0.0652. The Bertz CT molecular complexity index is 2310. The van der Waals surface area contributed by atoms with Crippen LogP contribution >= 0.6 is 0 Å². The summed E-state index contributed by atoms with van der Waals surface area (Å²) in [7, 11) is 0. The Morgan fingerprint density at radius 3 is 1.90 bits per heavy atom. The molecule has 3 heteroatoms. The summed E-state index contributed by atoms with van der Waals surface area (Å²) in [5, 5.41) is 4.05. The predicted octanol–water partition coefficient (Wildman–Crippen LogP) is 11.1. The first-order chi connectivity index (χ1) is 23.3. The fraction of sp³-hybridized carbons (Fsp3) is 0.111. The number of rotatable bonds is 5. The van der Waals surface area contributed by atoms with Crippen molar-refractivity contribution in [2.24, 2.45) is 0 Å². The van der Waals surface area contributed by atoms with E-state index in [0.717, 1.165) is 44.9 Å². The van der Waals surface area contributed by atoms with Gasteiger partial charge in [0, 0.05) is 28.4 Å². The van der Waals surface area contributed by atoms with E-state index >= 15 is 0 Å². The zero-order valence-electron chi connectivity index (χ0n) is 27.3. The van der Waals surface area contributed by atoms with E-state index in [-0.39, 0.29) is 17.1 Å². The van der Waals surface area contributed by atoms with Crippen molar-refractivity contribution in [1.82, 2.24) is 0 Å². The Balaban J connectivity index is 1.15. The molecule has 1 atom stereocenters. The van der Waals surface area contributed by atoms with Gasteiger partial charge in [-0.2, -0.15) is 0 Å². The van der Waals surface area contributed by atoms with Crippen LogP contribution in [0.5, 0.6) is 0 Å². The lowest BCUT2D eigenvalue weighted by Gasteiger charge is -2.32. The van der Waals surface area contributed by atoms with E-state index in [1.807, 2.05) is 42.5 Å². The van der Waals surface area contributed by atoms with E-state index in [1.165, 1.54) is 27.9 Å². The number of fused-ring (bicyclic) bond motifs is 3. The molecule has 6 aromatic rings. The van der Waals surface area contributed by atoms with Crippen LogP contribution in [0.3, 0.4) is 0 Å². The standard InChI is InChI=1S/C45H35NO2/c1-28-21-29(2)43(30(3)22-28)46(38-18-15-33(16-19-38)32-9-5-4-6-10-32)39-20-17-36-23-31(13-14-37(36)25-39)24-42-44(47)40-26-34-11-7-8-12-35(34)27-41(40)45(42)48/h4-15,17-27,33H,16H2,1-3H3. The van der Waals surface area contributed by atoms with Crippen LogP contribution in [0.2, 0.25) is 0 Å². The highest BCUT2D eigenvalue weighted by molar-refractivity contribution is 6.42. The number of aryl methyl sites for hydroxylation is 3. The summed E-state index contributed by atoms with van der Waals surface area (Å²) >= 11 is 0. The topological polar surface area (TPSA) is 37.4 Å². The number of allylic oxidation sites excluding steroid dienone is 4. The largest absolute Gasteiger partial charge is 0.310 e. The van der Waals surface area contributed by atoms with E-state index in [9.17, 15) is 9.59 Å². The maximum absolute atomic E-state index is 13.4. The molecule has 0 aliphatic heterocycles. The lowest BCUT2D eigenvalue weighted by Crippen LogP contribution is -2.19. The molecule has 48 heavy (non-hydrogen) atoms. The third-order valence-corrected chi connectivity index (χ3v) is 9.71. The number of ketones is 2. The first-order valence-electron chi connectivity index (χ1n) is 16.5. The SMILES string of the molecule is Cc1cc(C)c(N(C2=CCC(c3ccccc3)C=C2)c2ccc3cc(C=C4C(=O)c5cc6ccccc6cc5C4=O)ccc3c2)c(C)c1. The highest BCUT2D eigenvalue weighted by atomic mass is 16.2. The second-order valence-corrected chi connectivity index (χ2v) is 13.1. The molecule has 0 radical (unpaired) electrons. The van der Waals surface area contributed by atoms with E-state index in [1.54, 1.807) is 6.08 Å². The number of carbonyl (C=O) groups excluding carboxylic acids is 2. The summed E-state index contributed by atoms with van der Waals surface area (Å²) in [6, 6.07) is 39.4. The molecule has 3 nitrogen and oxygen atoms in total. The summed E-state index contributed by atoms with van der Waals surface area (Å²) in [5.41, 5.74) is 10.5. The smallest absolute Gasteiger partial charge is 0.197 e. The Hall–Kier alpha value is -5.80. The molecule has 0 heterocycles. The number of benzene rings is 6. The predicted molar refractivity (Wildman–Crippen MR) is 198 cm³/mol. The summed E-state index contributed by atoms with van der Waals surface area (Å²) < 4.78 is 0. The van der Waals surface area contributed by atoms with Crippen molar-refractivity contribution in [3.63, 3.8) is 0 Å². The van der Waals surface area contributed by atoms with Crippen LogP contribution < -0.4 is 4.90 Å². The highest BCUT2D eigenvalue weighted by Gasteiger charge is 2.33. The van der Waals surface area contributed by atoms with E-state index in [4.69, 9.17) is 0 Å². The van der Waals surface area contributed by atoms with Crippen LogP contribution in [-0.2, 0) is 0 Å². The minimum Gasteiger partial charge on any atom is -0.310 e. The first-order valence-corrected chi connectivity index (χ1v) is 16.5. The zero-order valence-corrected chi connectivity index (χ0v) is 27.3. The second kappa shape index (κ2) is 11.8. The van der Waals surface area contributed by atoms with E-state index in [2.05, 4.69) is 117 Å². The second-order valence-electron chi connectivity index (χ2n) is 13.1. The maximum Gasteiger partial charge on any atom is 0.197 e. The van der Waals surface area contributed by atoms with Crippen molar-refractivity contribution in [1.29, 1.82) is 0 Å². The summed E-state index contributed by atoms with van der Waals surface area (Å²) in [6.07, 6.45) is 9.61. The zero-order chi connectivity index (χ0) is 32.9. The molecule has 0 aromatic heterocycles. The Kier molecular flexibility index (Phi) is 7.26. The van der Waals surface area contributed by atoms with Crippen LogP contribution in [0.4, 0.5) is 11.4 Å². The molecular formula is C45H35NO2. The quantitative estimate of drug-likeness (QED) is 0.142. The van der Waals surface area contributed by atoms with Gasteiger partial charge in [-0.1, -0.05) is 103 Å². The molecule has 0 amide bonds. The maximum atomic E-state index is 13.4. The number of anilines is 2. The third-order valence-electron chi connectivity index (χ3n) is 9.71. The van der Waals surface area contributed by atoms with Crippen molar-refractivity contribution >= 4 is 50.6 Å². The summed E-state index contributed by atoms with van der Waals surface area (Å²) in [6.45, 7) is 6.53. The molecule has 1 unspecified atom stereocenters. The van der Waals surface area contributed by atoms with E-state index in [0.29, 0.717) is 17.0 Å². The molecule has 0 N–H and O–H groups in total. The third kappa shape index (κ3) is 5.18. The van der Waals surface area contributed by atoms with Gasteiger partial charge in [0.15, 0.2) is 11.6 Å². The van der Waals surface area contributed by atoms with Crippen molar-refractivity contribution in [3.05, 3.63) is 184 Å². The van der Waals surface area contributed by atoms with Gasteiger partial charge in [0.05, 0.1) is 11.3 Å². The van der Waals surface area contributed by atoms with Crippen molar-refractivity contribution in [2.75, 3.05) is 4.90 Å². The highest BCUT2D eigenvalue weighted by Crippen LogP contribution is 2.40.